The van der Waals surface area contributed by atoms with Crippen molar-refractivity contribution in [2.45, 2.75) is 32.6 Å². The van der Waals surface area contributed by atoms with Crippen LogP contribution in [0.4, 0.5) is 11.9 Å². The first kappa shape index (κ1) is 14.2. The highest BCUT2D eigenvalue weighted by atomic mass is 32.1. The summed E-state index contributed by atoms with van der Waals surface area (Å²) < 4.78 is 0. The Balaban J connectivity index is 1.85. The molecule has 1 fully saturated rings. The third-order valence-electron chi connectivity index (χ3n) is 3.44. The van der Waals surface area contributed by atoms with Gasteiger partial charge in [-0.3, -0.25) is 0 Å². The molecule has 0 unspecified atom stereocenters. The molecule has 0 atom stereocenters. The second-order valence-electron chi connectivity index (χ2n) is 5.06. The van der Waals surface area contributed by atoms with Crippen molar-refractivity contribution >= 4 is 23.2 Å². The number of aromatic nitrogens is 4. The lowest BCUT2D eigenvalue weighted by atomic mass is 10.1. The third-order valence-corrected chi connectivity index (χ3v) is 4.22. The molecule has 1 N–H and O–H groups in total. The summed E-state index contributed by atoms with van der Waals surface area (Å²) in [5.74, 6) is 2.25. The molecular weight excluding hydrogens is 284 g/mol. The minimum absolute atomic E-state index is 0.666. The zero-order valence-electron chi connectivity index (χ0n) is 12.2. The zero-order valence-corrected chi connectivity index (χ0v) is 13.1. The average Bonchev–Trinajstić information content (AvgIpc) is 3.01. The molecule has 2 aromatic rings. The summed E-state index contributed by atoms with van der Waals surface area (Å²) in [6.07, 6.45) is 6.21. The van der Waals surface area contributed by atoms with Crippen molar-refractivity contribution in [3.63, 3.8) is 0 Å². The molecule has 0 bridgehead atoms. The molecule has 1 aliphatic heterocycles. The predicted octanol–water partition coefficient (Wildman–Crippen LogP) is 2.34. The number of hydrogen-bond donors (Lipinski definition) is 1. The van der Waals surface area contributed by atoms with Crippen LogP contribution in [0.15, 0.2) is 11.6 Å². The van der Waals surface area contributed by atoms with E-state index in [1.54, 1.807) is 11.3 Å². The Kier molecular flexibility index (Phi) is 4.59. The van der Waals surface area contributed by atoms with Crippen molar-refractivity contribution < 1.29 is 0 Å². The number of thiazole rings is 1. The van der Waals surface area contributed by atoms with Crippen molar-refractivity contribution in [2.24, 2.45) is 0 Å². The Morgan fingerprint density at radius 3 is 2.76 bits per heavy atom. The number of nitrogens with zero attached hydrogens (tertiary/aromatic N) is 5. The van der Waals surface area contributed by atoms with E-state index in [4.69, 9.17) is 0 Å². The first-order valence-electron chi connectivity index (χ1n) is 7.47. The van der Waals surface area contributed by atoms with Crippen molar-refractivity contribution in [2.75, 3.05) is 29.9 Å². The van der Waals surface area contributed by atoms with Gasteiger partial charge in [-0.25, -0.2) is 4.98 Å². The minimum Gasteiger partial charge on any atom is -0.354 e. The van der Waals surface area contributed by atoms with E-state index >= 15 is 0 Å². The maximum absolute atomic E-state index is 4.64. The lowest BCUT2D eigenvalue weighted by Crippen LogP contribution is -2.31. The fourth-order valence-electron chi connectivity index (χ4n) is 2.43. The van der Waals surface area contributed by atoms with E-state index in [2.05, 4.69) is 30.2 Å². The van der Waals surface area contributed by atoms with Crippen LogP contribution in [-0.4, -0.2) is 39.6 Å². The lowest BCUT2D eigenvalue weighted by Gasteiger charge is -2.27. The summed E-state index contributed by atoms with van der Waals surface area (Å²) in [4.78, 5) is 20.3. The maximum atomic E-state index is 4.64. The molecule has 6 nitrogen and oxygen atoms in total. The number of piperidine rings is 1. The van der Waals surface area contributed by atoms with Crippen molar-refractivity contribution in [3.8, 4) is 0 Å². The first-order chi connectivity index (χ1) is 10.3. The smallest absolute Gasteiger partial charge is 0.230 e. The van der Waals surface area contributed by atoms with Gasteiger partial charge in [0.1, 0.15) is 10.8 Å². The summed E-state index contributed by atoms with van der Waals surface area (Å²) in [6, 6.07) is 0. The molecule has 0 aromatic carbocycles. The van der Waals surface area contributed by atoms with Crippen molar-refractivity contribution in [1.29, 1.82) is 0 Å². The van der Waals surface area contributed by atoms with Gasteiger partial charge < -0.3 is 10.2 Å². The van der Waals surface area contributed by atoms with Gasteiger partial charge >= 0.3 is 0 Å². The van der Waals surface area contributed by atoms with Crippen molar-refractivity contribution in [1.82, 2.24) is 19.9 Å². The summed E-state index contributed by atoms with van der Waals surface area (Å²) in [5, 5.41) is 6.22. The normalized spacial score (nSPS) is 15.2. The Labute approximate surface area is 128 Å². The molecule has 0 radical (unpaired) electrons. The highest BCUT2D eigenvalue weighted by Crippen LogP contribution is 2.18. The molecule has 112 valence electrons. The van der Waals surface area contributed by atoms with E-state index < -0.39 is 0 Å². The van der Waals surface area contributed by atoms with Gasteiger partial charge in [0, 0.05) is 31.2 Å². The van der Waals surface area contributed by atoms with Crippen LogP contribution in [0.5, 0.6) is 0 Å². The molecule has 3 heterocycles. The topological polar surface area (TPSA) is 66.8 Å². The van der Waals surface area contributed by atoms with Crippen LogP contribution in [0.25, 0.3) is 0 Å². The molecule has 21 heavy (non-hydrogen) atoms. The van der Waals surface area contributed by atoms with Crippen LogP contribution < -0.4 is 10.2 Å². The second kappa shape index (κ2) is 6.80. The molecular formula is C14H20N6S. The quantitative estimate of drug-likeness (QED) is 0.914. The van der Waals surface area contributed by atoms with Gasteiger partial charge in [-0.1, -0.05) is 0 Å². The highest BCUT2D eigenvalue weighted by molar-refractivity contribution is 7.09. The van der Waals surface area contributed by atoms with E-state index in [1.165, 1.54) is 19.3 Å². The Morgan fingerprint density at radius 2 is 2.05 bits per heavy atom. The molecule has 0 aliphatic carbocycles. The molecule has 0 saturated carbocycles. The van der Waals surface area contributed by atoms with Gasteiger partial charge in [0.05, 0.1) is 6.42 Å². The first-order valence-corrected chi connectivity index (χ1v) is 8.35. The molecule has 1 saturated heterocycles. The highest BCUT2D eigenvalue weighted by Gasteiger charge is 2.16. The van der Waals surface area contributed by atoms with Gasteiger partial charge in [0.2, 0.25) is 11.9 Å². The Hall–Kier alpha value is -1.76. The van der Waals surface area contributed by atoms with Crippen LogP contribution in [-0.2, 0) is 6.42 Å². The van der Waals surface area contributed by atoms with Crippen LogP contribution in [0, 0.1) is 0 Å². The average molecular weight is 304 g/mol. The summed E-state index contributed by atoms with van der Waals surface area (Å²) >= 11 is 1.63. The summed E-state index contributed by atoms with van der Waals surface area (Å²) in [5.41, 5.74) is 0. The standard InChI is InChI=1S/C14H20N6S/c1-2-15-13-17-11(10-12-16-6-9-21-12)18-14(19-13)20-7-4-3-5-8-20/h6,9H,2-5,7-8,10H2,1H3,(H,15,17,18,19). The number of hydrogen-bond acceptors (Lipinski definition) is 7. The Bertz CT molecular complexity index is 565. The summed E-state index contributed by atoms with van der Waals surface area (Å²) in [6.45, 7) is 4.92. The molecule has 2 aromatic heterocycles. The van der Waals surface area contributed by atoms with Gasteiger partial charge in [-0.15, -0.1) is 11.3 Å². The number of nitrogens with one attached hydrogen (secondary N) is 1. The third kappa shape index (κ3) is 3.66. The SMILES string of the molecule is CCNc1nc(Cc2nccs2)nc(N2CCCCC2)n1. The molecule has 3 rings (SSSR count). The van der Waals surface area contributed by atoms with Crippen LogP contribution in [0.2, 0.25) is 0 Å². The van der Waals surface area contributed by atoms with Gasteiger partial charge in [-0.05, 0) is 26.2 Å². The number of rotatable bonds is 5. The van der Waals surface area contributed by atoms with Crippen molar-refractivity contribution in [3.05, 3.63) is 22.4 Å². The fourth-order valence-corrected chi connectivity index (χ4v) is 3.05. The van der Waals surface area contributed by atoms with Gasteiger partial charge in [-0.2, -0.15) is 15.0 Å². The minimum atomic E-state index is 0.666. The van der Waals surface area contributed by atoms with E-state index in [1.807, 2.05) is 18.5 Å². The fraction of sp³-hybridized carbons (Fsp3) is 0.571. The largest absolute Gasteiger partial charge is 0.354 e. The maximum Gasteiger partial charge on any atom is 0.230 e. The van der Waals surface area contributed by atoms with E-state index in [0.29, 0.717) is 12.4 Å². The van der Waals surface area contributed by atoms with E-state index in [0.717, 1.165) is 36.4 Å². The van der Waals surface area contributed by atoms with Crippen LogP contribution in [0.3, 0.4) is 0 Å². The van der Waals surface area contributed by atoms with Gasteiger partial charge in [0.25, 0.3) is 0 Å². The zero-order chi connectivity index (χ0) is 14.5. The lowest BCUT2D eigenvalue weighted by molar-refractivity contribution is 0.566. The molecule has 0 amide bonds. The van der Waals surface area contributed by atoms with E-state index in [-0.39, 0.29) is 0 Å². The van der Waals surface area contributed by atoms with Crippen LogP contribution >= 0.6 is 11.3 Å². The van der Waals surface area contributed by atoms with Crippen LogP contribution in [0.1, 0.15) is 37.0 Å². The van der Waals surface area contributed by atoms with Gasteiger partial charge in [0.15, 0.2) is 0 Å². The number of anilines is 2. The predicted molar refractivity (Wildman–Crippen MR) is 85.0 cm³/mol. The molecule has 0 spiro atoms. The summed E-state index contributed by atoms with van der Waals surface area (Å²) in [7, 11) is 0. The molecule has 7 heteroatoms. The monoisotopic (exact) mass is 304 g/mol. The Morgan fingerprint density at radius 1 is 1.19 bits per heavy atom. The molecule has 1 aliphatic rings. The van der Waals surface area contributed by atoms with E-state index in [9.17, 15) is 0 Å². The second-order valence-corrected chi connectivity index (χ2v) is 6.04.